The number of nitrogens with zero attached hydrogens (tertiary/aromatic N) is 3. The van der Waals surface area contributed by atoms with Crippen molar-refractivity contribution < 1.29 is 13.9 Å². The molecular weight excluding hydrogens is 534 g/mol. The SMILES string of the molecule is CCOc1c(OC)cc(C=Nn2c(-c3cc4ccccc4o3)nc3ccccc3c2=O)c(Br)c1Cl. The summed E-state index contributed by atoms with van der Waals surface area (Å²) in [6, 6.07) is 18.3. The van der Waals surface area contributed by atoms with Crippen molar-refractivity contribution in [2.45, 2.75) is 6.92 Å². The van der Waals surface area contributed by atoms with Gasteiger partial charge in [-0.15, -0.1) is 0 Å². The number of methoxy groups -OCH3 is 1. The van der Waals surface area contributed by atoms with Crippen LogP contribution in [0.25, 0.3) is 33.5 Å². The molecule has 5 aromatic rings. The van der Waals surface area contributed by atoms with E-state index in [1.165, 1.54) is 18.0 Å². The first-order valence-corrected chi connectivity index (χ1v) is 11.9. The first kappa shape index (κ1) is 23.1. The molecule has 7 nitrogen and oxygen atoms in total. The van der Waals surface area contributed by atoms with Gasteiger partial charge in [-0.25, -0.2) is 4.98 Å². The monoisotopic (exact) mass is 551 g/mol. The lowest BCUT2D eigenvalue weighted by atomic mass is 10.2. The Kier molecular flexibility index (Phi) is 6.32. The topological polar surface area (TPSA) is 78.8 Å². The predicted octanol–water partition coefficient (Wildman–Crippen LogP) is 6.52. The zero-order valence-electron chi connectivity index (χ0n) is 18.8. The van der Waals surface area contributed by atoms with Crippen LogP contribution >= 0.6 is 27.5 Å². The molecule has 0 saturated carbocycles. The normalized spacial score (nSPS) is 11.5. The van der Waals surface area contributed by atoms with Crippen molar-refractivity contribution >= 4 is 55.6 Å². The van der Waals surface area contributed by atoms with E-state index in [4.69, 9.17) is 30.5 Å². The van der Waals surface area contributed by atoms with Gasteiger partial charge >= 0.3 is 0 Å². The summed E-state index contributed by atoms with van der Waals surface area (Å²) in [6.07, 6.45) is 1.51. The number of fused-ring (bicyclic) bond motifs is 2. The predicted molar refractivity (Wildman–Crippen MR) is 141 cm³/mol. The van der Waals surface area contributed by atoms with E-state index in [2.05, 4.69) is 21.0 Å². The molecule has 9 heteroatoms. The smallest absolute Gasteiger partial charge is 0.282 e. The van der Waals surface area contributed by atoms with Crippen LogP contribution in [-0.4, -0.2) is 29.6 Å². The number of para-hydroxylation sites is 2. The molecule has 0 aliphatic carbocycles. The van der Waals surface area contributed by atoms with E-state index in [9.17, 15) is 4.79 Å². The molecule has 0 N–H and O–H groups in total. The van der Waals surface area contributed by atoms with Crippen molar-refractivity contribution in [3.8, 4) is 23.1 Å². The zero-order chi connectivity index (χ0) is 24.5. The summed E-state index contributed by atoms with van der Waals surface area (Å²) >= 11 is 10.0. The van der Waals surface area contributed by atoms with Crippen LogP contribution < -0.4 is 15.0 Å². The Hall–Kier alpha value is -3.62. The van der Waals surface area contributed by atoms with Crippen molar-refractivity contribution in [3.63, 3.8) is 0 Å². The van der Waals surface area contributed by atoms with Crippen LogP contribution in [0.4, 0.5) is 0 Å². The van der Waals surface area contributed by atoms with E-state index in [0.717, 1.165) is 5.39 Å². The van der Waals surface area contributed by atoms with E-state index < -0.39 is 0 Å². The standard InChI is InChI=1S/C26H19BrClN3O4/c1-3-34-24-20(33-2)13-16(22(27)23(24)28)14-29-31-25(21-12-15-8-4-7-11-19(15)35-21)30-18-10-6-5-9-17(18)26(31)32/h4-14H,3H2,1-2H3. The third-order valence-corrected chi connectivity index (χ3v) is 6.82. The minimum atomic E-state index is -0.331. The van der Waals surface area contributed by atoms with Crippen LogP contribution in [-0.2, 0) is 0 Å². The fourth-order valence-electron chi connectivity index (χ4n) is 3.73. The molecule has 2 heterocycles. The van der Waals surface area contributed by atoms with Crippen molar-refractivity contribution in [1.82, 2.24) is 9.66 Å². The van der Waals surface area contributed by atoms with Gasteiger partial charge in [-0.05, 0) is 53.2 Å². The Labute approximate surface area is 213 Å². The van der Waals surface area contributed by atoms with Gasteiger partial charge in [0.05, 0.1) is 30.8 Å². The number of hydrogen-bond acceptors (Lipinski definition) is 6. The van der Waals surface area contributed by atoms with Crippen molar-refractivity contribution in [2.75, 3.05) is 13.7 Å². The Morgan fingerprint density at radius 1 is 1.17 bits per heavy atom. The number of ether oxygens (including phenoxy) is 2. The summed E-state index contributed by atoms with van der Waals surface area (Å²) in [6.45, 7) is 2.28. The van der Waals surface area contributed by atoms with E-state index in [1.807, 2.05) is 43.3 Å². The molecule has 0 bridgehead atoms. The first-order chi connectivity index (χ1) is 17.0. The van der Waals surface area contributed by atoms with Gasteiger partial charge < -0.3 is 13.9 Å². The molecule has 35 heavy (non-hydrogen) atoms. The van der Waals surface area contributed by atoms with Crippen LogP contribution in [0.3, 0.4) is 0 Å². The number of rotatable bonds is 6. The largest absolute Gasteiger partial charge is 0.493 e. The van der Waals surface area contributed by atoms with Crippen molar-refractivity contribution in [2.24, 2.45) is 5.10 Å². The molecule has 3 aromatic carbocycles. The molecular formula is C26H19BrClN3O4. The van der Waals surface area contributed by atoms with Gasteiger partial charge in [0, 0.05) is 15.4 Å². The van der Waals surface area contributed by atoms with Crippen LogP contribution in [0, 0.1) is 0 Å². The molecule has 0 radical (unpaired) electrons. The molecule has 0 atom stereocenters. The molecule has 2 aromatic heterocycles. The molecule has 5 rings (SSSR count). The van der Waals surface area contributed by atoms with E-state index in [-0.39, 0.29) is 11.4 Å². The highest BCUT2D eigenvalue weighted by Gasteiger charge is 2.19. The number of hydrogen-bond donors (Lipinski definition) is 0. The maximum absolute atomic E-state index is 13.5. The quantitative estimate of drug-likeness (QED) is 0.224. The van der Waals surface area contributed by atoms with Gasteiger partial charge in [-0.2, -0.15) is 9.78 Å². The number of aromatic nitrogens is 2. The summed E-state index contributed by atoms with van der Waals surface area (Å²) < 4.78 is 18.9. The Morgan fingerprint density at radius 2 is 1.94 bits per heavy atom. The van der Waals surface area contributed by atoms with Crippen molar-refractivity contribution in [1.29, 1.82) is 0 Å². The van der Waals surface area contributed by atoms with Gasteiger partial charge in [0.1, 0.15) is 10.6 Å². The summed E-state index contributed by atoms with van der Waals surface area (Å²) in [7, 11) is 1.53. The summed E-state index contributed by atoms with van der Waals surface area (Å²) in [4.78, 5) is 18.2. The lowest BCUT2D eigenvalue weighted by molar-refractivity contribution is 0.311. The lowest BCUT2D eigenvalue weighted by Gasteiger charge is -2.14. The maximum atomic E-state index is 13.5. The van der Waals surface area contributed by atoms with Gasteiger partial charge in [0.15, 0.2) is 17.3 Å². The molecule has 0 aliphatic heterocycles. The minimum absolute atomic E-state index is 0.279. The summed E-state index contributed by atoms with van der Waals surface area (Å²) in [5.74, 6) is 1.57. The van der Waals surface area contributed by atoms with Crippen LogP contribution in [0.15, 0.2) is 79.4 Å². The molecule has 0 unspecified atom stereocenters. The third kappa shape index (κ3) is 4.19. The highest BCUT2D eigenvalue weighted by Crippen LogP contribution is 2.42. The molecule has 0 spiro atoms. The summed E-state index contributed by atoms with van der Waals surface area (Å²) in [5.41, 5.74) is 1.49. The molecule has 0 saturated heterocycles. The average molecular weight is 553 g/mol. The van der Waals surface area contributed by atoms with Crippen LogP contribution in [0.2, 0.25) is 5.02 Å². The maximum Gasteiger partial charge on any atom is 0.282 e. The molecule has 0 aliphatic rings. The fraction of sp³-hybridized carbons (Fsp3) is 0.115. The molecule has 0 amide bonds. The summed E-state index contributed by atoms with van der Waals surface area (Å²) in [5, 5.41) is 6.17. The zero-order valence-corrected chi connectivity index (χ0v) is 21.1. The molecule has 176 valence electrons. The van der Waals surface area contributed by atoms with E-state index >= 15 is 0 Å². The highest BCUT2D eigenvalue weighted by molar-refractivity contribution is 9.10. The van der Waals surface area contributed by atoms with E-state index in [1.54, 1.807) is 24.3 Å². The minimum Gasteiger partial charge on any atom is -0.493 e. The van der Waals surface area contributed by atoms with Crippen molar-refractivity contribution in [3.05, 3.63) is 86.1 Å². The second kappa shape index (κ2) is 9.56. The van der Waals surface area contributed by atoms with Crippen LogP contribution in [0.1, 0.15) is 12.5 Å². The third-order valence-electron chi connectivity index (χ3n) is 5.38. The average Bonchev–Trinajstić information content (AvgIpc) is 3.31. The second-order valence-corrected chi connectivity index (χ2v) is 8.69. The highest BCUT2D eigenvalue weighted by atomic mass is 79.9. The Morgan fingerprint density at radius 3 is 2.71 bits per heavy atom. The van der Waals surface area contributed by atoms with Gasteiger partial charge in [0.25, 0.3) is 5.56 Å². The van der Waals surface area contributed by atoms with Gasteiger partial charge in [-0.1, -0.05) is 41.9 Å². The van der Waals surface area contributed by atoms with Crippen LogP contribution in [0.5, 0.6) is 11.5 Å². The van der Waals surface area contributed by atoms with Gasteiger partial charge in [-0.3, -0.25) is 4.79 Å². The second-order valence-electron chi connectivity index (χ2n) is 7.52. The first-order valence-electron chi connectivity index (χ1n) is 10.8. The fourth-order valence-corrected chi connectivity index (χ4v) is 4.39. The number of halogens is 2. The molecule has 0 fully saturated rings. The lowest BCUT2D eigenvalue weighted by Crippen LogP contribution is -2.20. The van der Waals surface area contributed by atoms with Gasteiger partial charge in [0.2, 0.25) is 5.82 Å². The Bertz CT molecular complexity index is 1630. The van der Waals surface area contributed by atoms with E-state index in [0.29, 0.717) is 55.4 Å². The Balaban J connectivity index is 1.71. The number of benzene rings is 3. The number of furan rings is 1.